The van der Waals surface area contributed by atoms with Gasteiger partial charge in [-0.25, -0.2) is 9.59 Å². The van der Waals surface area contributed by atoms with E-state index in [1.54, 1.807) is 24.3 Å². The Morgan fingerprint density at radius 1 is 0.610 bits per heavy atom. The Morgan fingerprint density at radius 3 is 1.37 bits per heavy atom. The van der Waals surface area contributed by atoms with Crippen molar-refractivity contribution < 1.29 is 28.9 Å². The normalized spacial score (nSPS) is 13.8. The summed E-state index contributed by atoms with van der Waals surface area (Å²) in [5.41, 5.74) is 1.61. The molecule has 10 heteroatoms. The minimum absolute atomic E-state index is 0.0850. The van der Waals surface area contributed by atoms with Crippen molar-refractivity contribution in [3.05, 3.63) is 140 Å². The molecule has 5 rings (SSSR count). The van der Waals surface area contributed by atoms with Crippen LogP contribution in [0.4, 0.5) is 11.4 Å². The fourth-order valence-electron chi connectivity index (χ4n) is 5.23. The van der Waals surface area contributed by atoms with E-state index in [2.05, 4.69) is 0 Å². The zero-order valence-electron chi connectivity index (χ0n) is 21.7. The molecule has 1 aliphatic rings. The van der Waals surface area contributed by atoms with Gasteiger partial charge in [0, 0.05) is 29.7 Å². The molecule has 0 N–H and O–H groups in total. The van der Waals surface area contributed by atoms with E-state index in [0.717, 1.165) is 36.8 Å². The SMILES string of the molecule is O=C(Oc1ccc(C2(c3ccc(OC(=O)c4cccc([N+](=O)[O-])c4)cc3)CCCC2)cc1)c1cccc([N+](=O)[O-])c1. The van der Waals surface area contributed by atoms with Gasteiger partial charge in [0.15, 0.2) is 0 Å². The predicted molar refractivity (Wildman–Crippen MR) is 148 cm³/mol. The van der Waals surface area contributed by atoms with Gasteiger partial charge < -0.3 is 9.47 Å². The van der Waals surface area contributed by atoms with Crippen LogP contribution in [0.25, 0.3) is 0 Å². The molecule has 1 saturated carbocycles. The van der Waals surface area contributed by atoms with Crippen molar-refractivity contribution >= 4 is 23.3 Å². The molecule has 0 amide bonds. The van der Waals surface area contributed by atoms with Crippen molar-refractivity contribution in [1.82, 2.24) is 0 Å². The van der Waals surface area contributed by atoms with Crippen molar-refractivity contribution in [1.29, 1.82) is 0 Å². The Bertz CT molecular complexity index is 1510. The van der Waals surface area contributed by atoms with E-state index < -0.39 is 21.8 Å². The van der Waals surface area contributed by atoms with Gasteiger partial charge in [0.05, 0.1) is 21.0 Å². The third kappa shape index (κ3) is 5.81. The van der Waals surface area contributed by atoms with Gasteiger partial charge in [-0.15, -0.1) is 0 Å². The summed E-state index contributed by atoms with van der Waals surface area (Å²) >= 11 is 0. The van der Waals surface area contributed by atoms with Crippen LogP contribution in [0.5, 0.6) is 11.5 Å². The smallest absolute Gasteiger partial charge is 0.343 e. The number of ether oxygens (including phenoxy) is 2. The lowest BCUT2D eigenvalue weighted by molar-refractivity contribution is -0.385. The Labute approximate surface area is 234 Å². The summed E-state index contributed by atoms with van der Waals surface area (Å²) in [6.45, 7) is 0. The van der Waals surface area contributed by atoms with Crippen molar-refractivity contribution in [3.8, 4) is 11.5 Å². The van der Waals surface area contributed by atoms with Gasteiger partial charge in [-0.2, -0.15) is 0 Å². The maximum Gasteiger partial charge on any atom is 0.343 e. The Morgan fingerprint density at radius 2 is 1.00 bits per heavy atom. The van der Waals surface area contributed by atoms with Crippen LogP contribution >= 0.6 is 0 Å². The first-order chi connectivity index (χ1) is 19.7. The van der Waals surface area contributed by atoms with E-state index in [1.165, 1.54) is 48.5 Å². The third-order valence-corrected chi connectivity index (χ3v) is 7.28. The number of non-ortho nitro benzene ring substituents is 2. The summed E-state index contributed by atoms with van der Waals surface area (Å²) in [6, 6.07) is 25.2. The predicted octanol–water partition coefficient (Wildman–Crippen LogP) is 6.80. The van der Waals surface area contributed by atoms with Crippen LogP contribution in [0.15, 0.2) is 97.1 Å². The lowest BCUT2D eigenvalue weighted by Crippen LogP contribution is -2.23. The molecule has 0 aromatic heterocycles. The van der Waals surface area contributed by atoms with Crippen molar-refractivity contribution in [3.63, 3.8) is 0 Å². The van der Waals surface area contributed by atoms with Crippen LogP contribution in [-0.4, -0.2) is 21.8 Å². The molecule has 0 saturated heterocycles. The fourth-order valence-corrected chi connectivity index (χ4v) is 5.23. The van der Waals surface area contributed by atoms with Crippen molar-refractivity contribution in [2.45, 2.75) is 31.1 Å². The maximum absolute atomic E-state index is 12.5. The van der Waals surface area contributed by atoms with Crippen LogP contribution in [0.1, 0.15) is 57.5 Å². The molecule has 4 aromatic rings. The summed E-state index contributed by atoms with van der Waals surface area (Å²) in [5.74, 6) is -0.733. The molecule has 1 aliphatic carbocycles. The van der Waals surface area contributed by atoms with Gasteiger partial charge in [-0.05, 0) is 60.4 Å². The molecule has 206 valence electrons. The van der Waals surface area contributed by atoms with E-state index in [0.29, 0.717) is 11.5 Å². The Kier molecular flexibility index (Phi) is 7.55. The molecule has 0 aliphatic heterocycles. The number of carbonyl (C=O) groups excluding carboxylic acids is 2. The zero-order chi connectivity index (χ0) is 29.0. The van der Waals surface area contributed by atoms with E-state index in [1.807, 2.05) is 24.3 Å². The van der Waals surface area contributed by atoms with Crippen molar-refractivity contribution in [2.24, 2.45) is 0 Å². The quantitative estimate of drug-likeness (QED) is 0.101. The molecular formula is C31H24N2O8. The van der Waals surface area contributed by atoms with Crippen molar-refractivity contribution in [2.75, 3.05) is 0 Å². The van der Waals surface area contributed by atoms with Crippen LogP contribution in [0.3, 0.4) is 0 Å². The van der Waals surface area contributed by atoms with Gasteiger partial charge >= 0.3 is 11.9 Å². The lowest BCUT2D eigenvalue weighted by atomic mass is 9.73. The minimum atomic E-state index is -0.688. The zero-order valence-corrected chi connectivity index (χ0v) is 21.7. The van der Waals surface area contributed by atoms with E-state index in [9.17, 15) is 29.8 Å². The highest BCUT2D eigenvalue weighted by Crippen LogP contribution is 2.47. The first-order valence-corrected chi connectivity index (χ1v) is 12.9. The average Bonchev–Trinajstić information content (AvgIpc) is 3.49. The molecule has 0 bridgehead atoms. The summed E-state index contributed by atoms with van der Waals surface area (Å²) in [7, 11) is 0. The van der Waals surface area contributed by atoms with Crippen LogP contribution in [-0.2, 0) is 5.41 Å². The second-order valence-electron chi connectivity index (χ2n) is 9.73. The Hall–Kier alpha value is -5.38. The number of rotatable bonds is 8. The monoisotopic (exact) mass is 552 g/mol. The number of esters is 2. The largest absolute Gasteiger partial charge is 0.423 e. The first kappa shape index (κ1) is 27.2. The Balaban J connectivity index is 1.31. The molecule has 0 atom stereocenters. The highest BCUT2D eigenvalue weighted by Gasteiger charge is 2.37. The fraction of sp³-hybridized carbons (Fsp3) is 0.161. The van der Waals surface area contributed by atoms with Crippen LogP contribution in [0, 0.1) is 20.2 Å². The topological polar surface area (TPSA) is 139 Å². The molecule has 0 heterocycles. The number of nitro benzene ring substituents is 2. The van der Waals surface area contributed by atoms with E-state index >= 15 is 0 Å². The molecule has 4 aromatic carbocycles. The van der Waals surface area contributed by atoms with Gasteiger partial charge in [0.2, 0.25) is 0 Å². The standard InChI is InChI=1S/C31H24N2O8/c34-29(21-5-3-7-25(19-21)32(36)37)40-27-13-9-23(10-14-27)31(17-1-2-18-31)24-11-15-28(16-12-24)41-30(35)22-6-4-8-26(20-22)33(38)39/h3-16,19-20H,1-2,17-18H2. The lowest BCUT2D eigenvalue weighted by Gasteiger charge is -2.30. The average molecular weight is 553 g/mol. The van der Waals surface area contributed by atoms with Crippen LogP contribution in [0.2, 0.25) is 0 Å². The molecule has 10 nitrogen and oxygen atoms in total. The highest BCUT2D eigenvalue weighted by atomic mass is 16.6. The number of carbonyl (C=O) groups is 2. The summed E-state index contributed by atoms with van der Waals surface area (Å²) in [4.78, 5) is 46.0. The number of hydrogen-bond donors (Lipinski definition) is 0. The highest BCUT2D eigenvalue weighted by molar-refractivity contribution is 5.92. The minimum Gasteiger partial charge on any atom is -0.423 e. The van der Waals surface area contributed by atoms with E-state index in [4.69, 9.17) is 9.47 Å². The number of hydrogen-bond acceptors (Lipinski definition) is 8. The first-order valence-electron chi connectivity index (χ1n) is 12.9. The second kappa shape index (κ2) is 11.4. The van der Waals surface area contributed by atoms with Gasteiger partial charge in [0.25, 0.3) is 11.4 Å². The number of nitrogens with zero attached hydrogens (tertiary/aromatic N) is 2. The molecule has 0 unspecified atom stereocenters. The summed E-state index contributed by atoms with van der Waals surface area (Å²) in [5, 5.41) is 22.0. The molecular weight excluding hydrogens is 528 g/mol. The van der Waals surface area contributed by atoms with Crippen LogP contribution < -0.4 is 9.47 Å². The number of nitro groups is 2. The van der Waals surface area contributed by atoms with Gasteiger partial charge in [0.1, 0.15) is 11.5 Å². The second-order valence-corrected chi connectivity index (χ2v) is 9.73. The molecule has 41 heavy (non-hydrogen) atoms. The van der Waals surface area contributed by atoms with Gasteiger partial charge in [-0.3, -0.25) is 20.2 Å². The number of benzene rings is 4. The third-order valence-electron chi connectivity index (χ3n) is 7.28. The summed E-state index contributed by atoms with van der Waals surface area (Å²) < 4.78 is 10.9. The molecule has 1 fully saturated rings. The van der Waals surface area contributed by atoms with E-state index in [-0.39, 0.29) is 27.9 Å². The summed E-state index contributed by atoms with van der Waals surface area (Å²) in [6.07, 6.45) is 3.89. The molecule has 0 spiro atoms. The molecule has 0 radical (unpaired) electrons. The van der Waals surface area contributed by atoms with Gasteiger partial charge in [-0.1, -0.05) is 49.2 Å². The maximum atomic E-state index is 12.5.